The van der Waals surface area contributed by atoms with E-state index in [4.69, 9.17) is 5.73 Å². The molecule has 1 fully saturated rings. The summed E-state index contributed by atoms with van der Waals surface area (Å²) in [6, 6.07) is 7.03. The molecule has 2 amide bonds. The van der Waals surface area contributed by atoms with Crippen LogP contribution in [0.5, 0.6) is 0 Å². The fourth-order valence-corrected chi connectivity index (χ4v) is 4.31. The van der Waals surface area contributed by atoms with Gasteiger partial charge in [-0.2, -0.15) is 0 Å². The SMILES string of the molecule is NC(=O)c1csc(NC(=O)c2cc3ccc(F)cc3nc2N2CCCC(F)(F)CC2)c1. The van der Waals surface area contributed by atoms with Gasteiger partial charge in [0.25, 0.3) is 5.91 Å². The minimum absolute atomic E-state index is 0.0198. The van der Waals surface area contributed by atoms with E-state index in [0.29, 0.717) is 22.4 Å². The standard InChI is InChI=1S/C21H19F3N4O2S/c22-14-3-2-12-8-15(20(30)27-17-9-13(11-31-17)18(25)29)19(26-16(12)10-14)28-6-1-4-21(23,24)5-7-28/h2-3,8-11H,1,4-7H2,(H2,25,29)(H,27,30). The smallest absolute Gasteiger partial charge is 0.260 e. The van der Waals surface area contributed by atoms with Gasteiger partial charge in [0, 0.05) is 42.8 Å². The second kappa shape index (κ2) is 8.18. The first-order valence-corrected chi connectivity index (χ1v) is 10.5. The number of benzene rings is 1. The Bertz CT molecular complexity index is 1160. The summed E-state index contributed by atoms with van der Waals surface area (Å²) in [5, 5.41) is 5.18. The van der Waals surface area contributed by atoms with E-state index in [-0.39, 0.29) is 42.8 Å². The number of aromatic nitrogens is 1. The Balaban J connectivity index is 1.72. The zero-order valence-electron chi connectivity index (χ0n) is 16.3. The number of hydrogen-bond donors (Lipinski definition) is 2. The number of amides is 2. The third kappa shape index (κ3) is 4.63. The lowest BCUT2D eigenvalue weighted by molar-refractivity contribution is -0.0102. The van der Waals surface area contributed by atoms with Crippen molar-refractivity contribution >= 4 is 44.9 Å². The van der Waals surface area contributed by atoms with Crippen LogP contribution in [0.3, 0.4) is 0 Å². The van der Waals surface area contributed by atoms with E-state index >= 15 is 0 Å². The van der Waals surface area contributed by atoms with Gasteiger partial charge in [-0.1, -0.05) is 0 Å². The van der Waals surface area contributed by atoms with Crippen molar-refractivity contribution in [2.24, 2.45) is 5.73 Å². The number of nitrogens with zero attached hydrogens (tertiary/aromatic N) is 2. The molecule has 3 heterocycles. The monoisotopic (exact) mass is 448 g/mol. The van der Waals surface area contributed by atoms with Crippen LogP contribution in [0, 0.1) is 5.82 Å². The summed E-state index contributed by atoms with van der Waals surface area (Å²) in [5.74, 6) is -4.16. The fraction of sp³-hybridized carbons (Fsp3) is 0.286. The van der Waals surface area contributed by atoms with Crippen LogP contribution in [0.2, 0.25) is 0 Å². The average Bonchev–Trinajstić information content (AvgIpc) is 3.10. The molecule has 0 aliphatic carbocycles. The molecule has 1 aliphatic rings. The van der Waals surface area contributed by atoms with Gasteiger partial charge in [0.05, 0.1) is 21.6 Å². The Kier molecular flexibility index (Phi) is 5.57. The van der Waals surface area contributed by atoms with Gasteiger partial charge in [-0.05, 0) is 30.7 Å². The number of fused-ring (bicyclic) bond motifs is 1. The number of rotatable bonds is 4. The topological polar surface area (TPSA) is 88.3 Å². The summed E-state index contributed by atoms with van der Waals surface area (Å²) < 4.78 is 41.4. The summed E-state index contributed by atoms with van der Waals surface area (Å²) in [5.41, 5.74) is 6.02. The van der Waals surface area contributed by atoms with Crippen LogP contribution in [0.15, 0.2) is 35.7 Å². The van der Waals surface area contributed by atoms with Gasteiger partial charge < -0.3 is 16.0 Å². The quantitative estimate of drug-likeness (QED) is 0.619. The second-order valence-electron chi connectivity index (χ2n) is 7.41. The Morgan fingerprint density at radius 1 is 1.16 bits per heavy atom. The van der Waals surface area contributed by atoms with Crippen molar-refractivity contribution in [2.45, 2.75) is 25.2 Å². The van der Waals surface area contributed by atoms with E-state index in [1.165, 1.54) is 29.6 Å². The Hall–Kier alpha value is -3.14. The van der Waals surface area contributed by atoms with Crippen LogP contribution in [0.25, 0.3) is 10.9 Å². The van der Waals surface area contributed by atoms with Crippen molar-refractivity contribution in [3.05, 3.63) is 52.7 Å². The number of primary amides is 1. The zero-order chi connectivity index (χ0) is 22.2. The predicted octanol–water partition coefficient (Wildman–Crippen LogP) is 4.41. The number of nitrogens with one attached hydrogen (secondary N) is 1. The highest BCUT2D eigenvalue weighted by Crippen LogP contribution is 2.32. The molecule has 6 nitrogen and oxygen atoms in total. The number of anilines is 2. The molecule has 2 aromatic heterocycles. The molecule has 0 saturated carbocycles. The lowest BCUT2D eigenvalue weighted by atomic mass is 10.1. The van der Waals surface area contributed by atoms with Crippen LogP contribution in [0.4, 0.5) is 24.0 Å². The van der Waals surface area contributed by atoms with Crippen LogP contribution < -0.4 is 16.0 Å². The third-order valence-corrected chi connectivity index (χ3v) is 5.99. The summed E-state index contributed by atoms with van der Waals surface area (Å²) in [7, 11) is 0. The summed E-state index contributed by atoms with van der Waals surface area (Å²) >= 11 is 1.14. The number of nitrogens with two attached hydrogens (primary N) is 1. The van der Waals surface area contributed by atoms with Gasteiger partial charge >= 0.3 is 0 Å². The minimum atomic E-state index is -2.78. The van der Waals surface area contributed by atoms with E-state index in [1.54, 1.807) is 11.0 Å². The fourth-order valence-electron chi connectivity index (χ4n) is 3.52. The van der Waals surface area contributed by atoms with Crippen LogP contribution >= 0.6 is 11.3 Å². The molecular formula is C21H19F3N4O2S. The lowest BCUT2D eigenvalue weighted by Crippen LogP contribution is -2.29. The molecule has 4 rings (SSSR count). The number of halogens is 3. The molecule has 31 heavy (non-hydrogen) atoms. The van der Waals surface area contributed by atoms with Crippen molar-refractivity contribution < 1.29 is 22.8 Å². The maximum absolute atomic E-state index is 13.9. The van der Waals surface area contributed by atoms with Crippen molar-refractivity contribution in [1.29, 1.82) is 0 Å². The minimum Gasteiger partial charge on any atom is -0.366 e. The predicted molar refractivity (Wildman–Crippen MR) is 114 cm³/mol. The summed E-state index contributed by atoms with van der Waals surface area (Å²) in [6.45, 7) is 0.320. The average molecular weight is 448 g/mol. The van der Waals surface area contributed by atoms with Crippen molar-refractivity contribution in [3.8, 4) is 0 Å². The first-order chi connectivity index (χ1) is 14.7. The van der Waals surface area contributed by atoms with Gasteiger partial charge in [-0.3, -0.25) is 9.59 Å². The van der Waals surface area contributed by atoms with Crippen molar-refractivity contribution in [1.82, 2.24) is 4.98 Å². The number of pyridine rings is 1. The molecule has 0 unspecified atom stereocenters. The highest BCUT2D eigenvalue weighted by Gasteiger charge is 2.33. The molecule has 1 aliphatic heterocycles. The van der Waals surface area contributed by atoms with E-state index < -0.39 is 23.6 Å². The van der Waals surface area contributed by atoms with E-state index in [2.05, 4.69) is 10.3 Å². The van der Waals surface area contributed by atoms with Crippen LogP contribution in [-0.2, 0) is 0 Å². The number of carbonyl (C=O) groups excluding carboxylic acids is 2. The summed E-state index contributed by atoms with van der Waals surface area (Å²) in [6.07, 6.45) is -0.355. The van der Waals surface area contributed by atoms with E-state index in [1.807, 2.05) is 0 Å². The Labute approximate surface area is 179 Å². The first kappa shape index (κ1) is 21.1. The molecule has 0 spiro atoms. The highest BCUT2D eigenvalue weighted by atomic mass is 32.1. The molecule has 0 bridgehead atoms. The largest absolute Gasteiger partial charge is 0.366 e. The van der Waals surface area contributed by atoms with Crippen LogP contribution in [0.1, 0.15) is 40.0 Å². The normalized spacial score (nSPS) is 16.2. The molecule has 10 heteroatoms. The lowest BCUT2D eigenvalue weighted by Gasteiger charge is -2.24. The van der Waals surface area contributed by atoms with E-state index in [9.17, 15) is 22.8 Å². The molecule has 0 radical (unpaired) electrons. The third-order valence-electron chi connectivity index (χ3n) is 5.14. The summed E-state index contributed by atoms with van der Waals surface area (Å²) in [4.78, 5) is 30.5. The first-order valence-electron chi connectivity index (χ1n) is 9.65. The number of thiophene rings is 1. The van der Waals surface area contributed by atoms with E-state index in [0.717, 1.165) is 11.3 Å². The maximum atomic E-state index is 13.9. The van der Waals surface area contributed by atoms with Gasteiger partial charge in [0.15, 0.2) is 0 Å². The molecule has 1 aromatic carbocycles. The number of alkyl halides is 2. The molecular weight excluding hydrogens is 429 g/mol. The Morgan fingerprint density at radius 3 is 2.71 bits per heavy atom. The maximum Gasteiger partial charge on any atom is 0.260 e. The highest BCUT2D eigenvalue weighted by molar-refractivity contribution is 7.14. The van der Waals surface area contributed by atoms with Gasteiger partial charge in [0.2, 0.25) is 11.8 Å². The Morgan fingerprint density at radius 2 is 1.97 bits per heavy atom. The van der Waals surface area contributed by atoms with Gasteiger partial charge in [-0.25, -0.2) is 18.2 Å². The molecule has 3 N–H and O–H groups in total. The van der Waals surface area contributed by atoms with Crippen LogP contribution in [-0.4, -0.2) is 35.8 Å². The molecule has 3 aromatic rings. The molecule has 162 valence electrons. The van der Waals surface area contributed by atoms with Gasteiger partial charge in [-0.15, -0.1) is 11.3 Å². The zero-order valence-corrected chi connectivity index (χ0v) is 17.1. The van der Waals surface area contributed by atoms with Gasteiger partial charge in [0.1, 0.15) is 11.6 Å². The molecule has 0 atom stereocenters. The molecule has 1 saturated heterocycles. The second-order valence-corrected chi connectivity index (χ2v) is 8.32. The number of hydrogen-bond acceptors (Lipinski definition) is 5. The van der Waals surface area contributed by atoms with Crippen molar-refractivity contribution in [3.63, 3.8) is 0 Å². The number of carbonyl (C=O) groups is 2. The van der Waals surface area contributed by atoms with Crippen molar-refractivity contribution in [2.75, 3.05) is 23.3 Å².